The summed E-state index contributed by atoms with van der Waals surface area (Å²) in [6, 6.07) is 0. The van der Waals surface area contributed by atoms with Gasteiger partial charge in [-0.15, -0.1) is 0 Å². The quantitative estimate of drug-likeness (QED) is 0.464. The van der Waals surface area contributed by atoms with Crippen molar-refractivity contribution < 1.29 is 23.1 Å². The third-order valence-electron chi connectivity index (χ3n) is 3.25. The molecule has 0 spiro atoms. The van der Waals surface area contributed by atoms with Gasteiger partial charge in [0.15, 0.2) is 31.2 Å². The summed E-state index contributed by atoms with van der Waals surface area (Å²) in [5, 5.41) is 10.3. The summed E-state index contributed by atoms with van der Waals surface area (Å²) < 4.78 is 24.7. The van der Waals surface area contributed by atoms with Crippen LogP contribution in [0.3, 0.4) is 0 Å². The third kappa shape index (κ3) is 8.09. The SMILES string of the molecule is C[Si](C)(C)OC[C@H]1O[C@H](O)[C@H](Br)[C@@H](O[Si](C)(C)C)[C@H]1O[Si](C)(C)C. The molecule has 0 unspecified atom stereocenters. The molecule has 1 rings (SSSR count). The second-order valence-electron chi connectivity index (χ2n) is 9.32. The van der Waals surface area contributed by atoms with Gasteiger partial charge < -0.3 is 23.1 Å². The molecule has 0 radical (unpaired) electrons. The molecule has 5 nitrogen and oxygen atoms in total. The molecule has 144 valence electrons. The minimum atomic E-state index is -1.82. The van der Waals surface area contributed by atoms with Gasteiger partial charge in [0.2, 0.25) is 0 Å². The number of rotatable bonds is 7. The number of ether oxygens (including phenoxy) is 1. The lowest BCUT2D eigenvalue weighted by atomic mass is 10.0. The smallest absolute Gasteiger partial charge is 0.184 e. The van der Waals surface area contributed by atoms with Gasteiger partial charge in [-0.05, 0) is 58.9 Å². The van der Waals surface area contributed by atoms with E-state index in [1.165, 1.54) is 0 Å². The molecule has 1 N–H and O–H groups in total. The molecule has 1 aliphatic heterocycles. The Labute approximate surface area is 158 Å². The standard InChI is InChI=1S/C15H35BrO5Si3/c1-22(2,3)18-10-11-13(20-23(4,5)6)14(21-24(7,8)9)12(16)15(17)19-11/h11-15,17H,10H2,1-9H3/t11-,12-,13+,14-,15+/m1/s1. The monoisotopic (exact) mass is 458 g/mol. The van der Waals surface area contributed by atoms with Gasteiger partial charge in [-0.2, -0.15) is 0 Å². The van der Waals surface area contributed by atoms with Crippen molar-refractivity contribution in [2.24, 2.45) is 0 Å². The van der Waals surface area contributed by atoms with E-state index >= 15 is 0 Å². The average molecular weight is 460 g/mol. The van der Waals surface area contributed by atoms with Crippen molar-refractivity contribution >= 4 is 40.9 Å². The first kappa shape index (κ1) is 23.0. The second-order valence-corrected chi connectivity index (χ2v) is 23.8. The molecule has 0 aromatic heterocycles. The fourth-order valence-electron chi connectivity index (χ4n) is 2.44. The van der Waals surface area contributed by atoms with Gasteiger partial charge in [0, 0.05) is 0 Å². The largest absolute Gasteiger partial charge is 0.415 e. The van der Waals surface area contributed by atoms with Crippen LogP contribution in [0.1, 0.15) is 0 Å². The Kier molecular flexibility index (Phi) is 7.95. The van der Waals surface area contributed by atoms with Crippen LogP contribution in [0.25, 0.3) is 0 Å². The normalized spacial score (nSPS) is 32.9. The molecule has 5 atom stereocenters. The predicted molar refractivity (Wildman–Crippen MR) is 109 cm³/mol. The molecule has 0 aromatic rings. The topological polar surface area (TPSA) is 57.2 Å². The highest BCUT2D eigenvalue weighted by Gasteiger charge is 2.48. The van der Waals surface area contributed by atoms with Crippen LogP contribution in [0.15, 0.2) is 0 Å². The zero-order chi connectivity index (χ0) is 18.9. The molecule has 1 heterocycles. The molecular weight excluding hydrogens is 424 g/mol. The van der Waals surface area contributed by atoms with Crippen LogP contribution in [0, 0.1) is 0 Å². The molecule has 24 heavy (non-hydrogen) atoms. The maximum atomic E-state index is 10.3. The Morgan fingerprint density at radius 2 is 1.29 bits per heavy atom. The van der Waals surface area contributed by atoms with E-state index in [0.29, 0.717) is 6.61 Å². The Morgan fingerprint density at radius 3 is 1.71 bits per heavy atom. The summed E-state index contributed by atoms with van der Waals surface area (Å²) in [5.41, 5.74) is 0. The number of hydrogen-bond donors (Lipinski definition) is 1. The number of aliphatic hydroxyl groups excluding tert-OH is 1. The van der Waals surface area contributed by atoms with Gasteiger partial charge in [-0.3, -0.25) is 0 Å². The Morgan fingerprint density at radius 1 is 0.833 bits per heavy atom. The minimum Gasteiger partial charge on any atom is -0.415 e. The van der Waals surface area contributed by atoms with Gasteiger partial charge in [0.25, 0.3) is 0 Å². The summed E-state index contributed by atoms with van der Waals surface area (Å²) in [6.07, 6.45) is -1.74. The highest BCUT2D eigenvalue weighted by molar-refractivity contribution is 9.09. The van der Waals surface area contributed by atoms with Gasteiger partial charge in [-0.25, -0.2) is 0 Å². The van der Waals surface area contributed by atoms with Crippen molar-refractivity contribution in [1.29, 1.82) is 0 Å². The number of aliphatic hydroxyl groups is 1. The van der Waals surface area contributed by atoms with E-state index in [4.69, 9.17) is 18.0 Å². The van der Waals surface area contributed by atoms with E-state index in [1.54, 1.807) is 0 Å². The van der Waals surface area contributed by atoms with Crippen LogP contribution in [0.2, 0.25) is 58.9 Å². The Balaban J connectivity index is 3.05. The van der Waals surface area contributed by atoms with Gasteiger partial charge in [-0.1, -0.05) is 15.9 Å². The first-order valence-electron chi connectivity index (χ1n) is 8.56. The summed E-state index contributed by atoms with van der Waals surface area (Å²) in [7, 11) is -5.32. The summed E-state index contributed by atoms with van der Waals surface area (Å²) in [6.45, 7) is 19.8. The summed E-state index contributed by atoms with van der Waals surface area (Å²) in [5.74, 6) is 0. The van der Waals surface area contributed by atoms with Crippen molar-refractivity contribution in [1.82, 2.24) is 0 Å². The van der Waals surface area contributed by atoms with Gasteiger partial charge in [0.1, 0.15) is 6.10 Å². The molecule has 0 aliphatic carbocycles. The lowest BCUT2D eigenvalue weighted by Gasteiger charge is -2.47. The van der Waals surface area contributed by atoms with Crippen LogP contribution in [0.5, 0.6) is 0 Å². The van der Waals surface area contributed by atoms with Gasteiger partial charge in [0.05, 0.1) is 23.6 Å². The number of hydrogen-bond acceptors (Lipinski definition) is 5. The Bertz CT molecular complexity index is 405. The van der Waals surface area contributed by atoms with E-state index < -0.39 is 31.2 Å². The average Bonchev–Trinajstić information content (AvgIpc) is 2.32. The maximum Gasteiger partial charge on any atom is 0.184 e. The second kappa shape index (κ2) is 8.30. The fourth-order valence-corrected chi connectivity index (χ4v) is 6.04. The lowest BCUT2D eigenvalue weighted by Crippen LogP contribution is -2.62. The summed E-state index contributed by atoms with van der Waals surface area (Å²) >= 11 is 3.56. The van der Waals surface area contributed by atoms with Crippen LogP contribution in [0.4, 0.5) is 0 Å². The van der Waals surface area contributed by atoms with E-state index in [9.17, 15) is 5.11 Å². The van der Waals surface area contributed by atoms with Crippen LogP contribution in [-0.2, 0) is 18.0 Å². The van der Waals surface area contributed by atoms with Crippen molar-refractivity contribution in [3.63, 3.8) is 0 Å². The van der Waals surface area contributed by atoms with Crippen LogP contribution >= 0.6 is 15.9 Å². The first-order chi connectivity index (χ1) is 10.6. The molecular formula is C15H35BrO5Si3. The third-order valence-corrected chi connectivity index (χ3v) is 7.22. The molecule has 1 aliphatic rings. The maximum absolute atomic E-state index is 10.3. The van der Waals surface area contributed by atoms with E-state index in [0.717, 1.165) is 0 Å². The summed E-state index contributed by atoms with van der Waals surface area (Å²) in [4.78, 5) is -0.311. The van der Waals surface area contributed by atoms with Crippen molar-refractivity contribution in [2.45, 2.75) is 88.4 Å². The van der Waals surface area contributed by atoms with Crippen LogP contribution < -0.4 is 0 Å². The lowest BCUT2D eigenvalue weighted by molar-refractivity contribution is -0.225. The molecule has 0 amide bonds. The number of alkyl halides is 1. The first-order valence-corrected chi connectivity index (χ1v) is 19.7. The highest BCUT2D eigenvalue weighted by atomic mass is 79.9. The van der Waals surface area contributed by atoms with E-state index in [2.05, 4.69) is 74.9 Å². The van der Waals surface area contributed by atoms with Crippen molar-refractivity contribution in [3.05, 3.63) is 0 Å². The van der Waals surface area contributed by atoms with Crippen molar-refractivity contribution in [3.8, 4) is 0 Å². The van der Waals surface area contributed by atoms with E-state index in [-0.39, 0.29) is 23.1 Å². The van der Waals surface area contributed by atoms with Crippen LogP contribution in [-0.4, -0.2) is 66.1 Å². The highest BCUT2D eigenvalue weighted by Crippen LogP contribution is 2.33. The molecule has 0 bridgehead atoms. The molecule has 1 fully saturated rings. The molecule has 1 saturated heterocycles. The zero-order valence-electron chi connectivity index (χ0n) is 16.6. The Hall–Kier alpha value is 0.931. The molecule has 0 saturated carbocycles. The van der Waals surface area contributed by atoms with Gasteiger partial charge >= 0.3 is 0 Å². The fraction of sp³-hybridized carbons (Fsp3) is 1.00. The number of halogens is 1. The van der Waals surface area contributed by atoms with Crippen molar-refractivity contribution in [2.75, 3.05) is 6.61 Å². The molecule has 0 aromatic carbocycles. The zero-order valence-corrected chi connectivity index (χ0v) is 21.1. The predicted octanol–water partition coefficient (Wildman–Crippen LogP) is 3.76. The molecule has 9 heteroatoms. The van der Waals surface area contributed by atoms with E-state index in [1.807, 2.05) is 0 Å². The minimum absolute atomic E-state index is 0.243.